The van der Waals surface area contributed by atoms with Crippen LogP contribution >= 0.6 is 0 Å². The molecule has 0 amide bonds. The van der Waals surface area contributed by atoms with Crippen molar-refractivity contribution >= 4 is 15.8 Å². The second-order valence-corrected chi connectivity index (χ2v) is 6.95. The van der Waals surface area contributed by atoms with Gasteiger partial charge in [0.25, 0.3) is 0 Å². The molecule has 7 heteroatoms. The van der Waals surface area contributed by atoms with Gasteiger partial charge in [0.15, 0.2) is 0 Å². The first kappa shape index (κ1) is 14.0. The second kappa shape index (κ2) is 5.42. The second-order valence-electron chi connectivity index (χ2n) is 5.06. The summed E-state index contributed by atoms with van der Waals surface area (Å²) in [6.45, 7) is 0.347. The summed E-state index contributed by atoms with van der Waals surface area (Å²) in [5.74, 6) is 0.307. The molecule has 1 aliphatic rings. The lowest BCUT2D eigenvalue weighted by Gasteiger charge is -2.21. The molecule has 1 fully saturated rings. The summed E-state index contributed by atoms with van der Waals surface area (Å²) in [6.07, 6.45) is 6.43. The molecule has 1 aliphatic carbocycles. The number of aromatic nitrogens is 2. The molecule has 1 saturated carbocycles. The van der Waals surface area contributed by atoms with Crippen LogP contribution in [0.15, 0.2) is 47.8 Å². The third-order valence-corrected chi connectivity index (χ3v) is 5.29. The quantitative estimate of drug-likeness (QED) is 0.902. The van der Waals surface area contributed by atoms with Crippen LogP contribution in [0.25, 0.3) is 0 Å². The monoisotopic (exact) mass is 304 g/mol. The lowest BCUT2D eigenvalue weighted by Crippen LogP contribution is -2.32. The number of nitrogen functional groups attached to an aromatic ring is 1. The maximum absolute atomic E-state index is 12.8. The topological polar surface area (TPSA) is 89.2 Å². The third kappa shape index (κ3) is 3.03. The Hall–Kier alpha value is -1.99. The summed E-state index contributed by atoms with van der Waals surface area (Å²) in [7, 11) is -3.56. The van der Waals surface area contributed by atoms with Crippen molar-refractivity contribution in [2.75, 3.05) is 5.73 Å². The Labute approximate surface area is 123 Å². The molecule has 2 N–H and O–H groups in total. The summed E-state index contributed by atoms with van der Waals surface area (Å²) >= 11 is 0. The number of nitrogens with two attached hydrogens (primary N) is 1. The molecule has 0 aliphatic heterocycles. The molecule has 2 aromatic rings. The predicted molar refractivity (Wildman–Crippen MR) is 78.6 cm³/mol. The zero-order valence-electron chi connectivity index (χ0n) is 11.4. The standard InChI is InChI=1S/C14H16N4O2S/c15-14-4-3-13(9-17-14)21(19,20)18(12-1-2-12)10-11-5-7-16-8-6-11/h3-9,12H,1-2,10H2,(H2,15,17). The van der Waals surface area contributed by atoms with Crippen LogP contribution in [0.2, 0.25) is 0 Å². The highest BCUT2D eigenvalue weighted by molar-refractivity contribution is 7.89. The van der Waals surface area contributed by atoms with Gasteiger partial charge in [0, 0.05) is 31.2 Å². The van der Waals surface area contributed by atoms with E-state index in [-0.39, 0.29) is 10.9 Å². The van der Waals surface area contributed by atoms with E-state index in [1.807, 2.05) is 12.1 Å². The van der Waals surface area contributed by atoms with Crippen LogP contribution in [0.4, 0.5) is 5.82 Å². The van der Waals surface area contributed by atoms with Crippen molar-refractivity contribution in [2.45, 2.75) is 30.3 Å². The van der Waals surface area contributed by atoms with Gasteiger partial charge >= 0.3 is 0 Å². The van der Waals surface area contributed by atoms with E-state index in [1.165, 1.54) is 22.6 Å². The number of hydrogen-bond donors (Lipinski definition) is 1. The van der Waals surface area contributed by atoms with E-state index in [2.05, 4.69) is 9.97 Å². The summed E-state index contributed by atoms with van der Waals surface area (Å²) in [6, 6.07) is 6.73. The van der Waals surface area contributed by atoms with Gasteiger partial charge in [-0.15, -0.1) is 0 Å². The van der Waals surface area contributed by atoms with Gasteiger partial charge in [-0.3, -0.25) is 4.98 Å². The largest absolute Gasteiger partial charge is 0.384 e. The smallest absolute Gasteiger partial charge is 0.245 e. The average Bonchev–Trinajstić information content (AvgIpc) is 3.31. The van der Waals surface area contributed by atoms with Gasteiger partial charge < -0.3 is 5.73 Å². The van der Waals surface area contributed by atoms with Gasteiger partial charge in [-0.2, -0.15) is 4.31 Å². The van der Waals surface area contributed by atoms with Crippen molar-refractivity contribution in [3.63, 3.8) is 0 Å². The average molecular weight is 304 g/mol. The molecule has 0 spiro atoms. The molecule has 0 aromatic carbocycles. The number of pyridine rings is 2. The fraction of sp³-hybridized carbons (Fsp3) is 0.286. The van der Waals surface area contributed by atoms with E-state index in [1.54, 1.807) is 12.4 Å². The van der Waals surface area contributed by atoms with Crippen LogP contribution in [-0.4, -0.2) is 28.7 Å². The van der Waals surface area contributed by atoms with Crippen LogP contribution in [0.5, 0.6) is 0 Å². The Morgan fingerprint density at radius 3 is 2.48 bits per heavy atom. The minimum absolute atomic E-state index is 0.0701. The van der Waals surface area contributed by atoms with Crippen LogP contribution in [-0.2, 0) is 16.6 Å². The molecule has 0 atom stereocenters. The zero-order chi connectivity index (χ0) is 14.9. The van der Waals surface area contributed by atoms with Gasteiger partial charge in [0.2, 0.25) is 10.0 Å². The lowest BCUT2D eigenvalue weighted by molar-refractivity contribution is 0.398. The fourth-order valence-corrected chi connectivity index (χ4v) is 3.74. The molecule has 0 bridgehead atoms. The van der Waals surface area contributed by atoms with Crippen molar-refractivity contribution < 1.29 is 8.42 Å². The Kier molecular flexibility index (Phi) is 3.60. The molecular formula is C14H16N4O2S. The maximum Gasteiger partial charge on any atom is 0.245 e. The highest BCUT2D eigenvalue weighted by Crippen LogP contribution is 2.33. The highest BCUT2D eigenvalue weighted by Gasteiger charge is 2.38. The summed E-state index contributed by atoms with van der Waals surface area (Å²) in [5.41, 5.74) is 6.44. The minimum Gasteiger partial charge on any atom is -0.384 e. The van der Waals surface area contributed by atoms with E-state index in [4.69, 9.17) is 5.73 Å². The summed E-state index contributed by atoms with van der Waals surface area (Å²) < 4.78 is 27.1. The van der Waals surface area contributed by atoms with E-state index >= 15 is 0 Å². The summed E-state index contributed by atoms with van der Waals surface area (Å²) in [4.78, 5) is 8.01. The van der Waals surface area contributed by atoms with E-state index < -0.39 is 10.0 Å². The SMILES string of the molecule is Nc1ccc(S(=O)(=O)N(Cc2ccncc2)C2CC2)cn1. The van der Waals surface area contributed by atoms with Crippen molar-refractivity contribution in [2.24, 2.45) is 0 Å². The highest BCUT2D eigenvalue weighted by atomic mass is 32.2. The van der Waals surface area contributed by atoms with E-state index in [0.717, 1.165) is 18.4 Å². The predicted octanol–water partition coefficient (Wildman–Crippen LogP) is 1.41. The van der Waals surface area contributed by atoms with E-state index in [9.17, 15) is 8.42 Å². The molecule has 0 unspecified atom stereocenters. The maximum atomic E-state index is 12.8. The van der Waals surface area contributed by atoms with Gasteiger partial charge in [0.05, 0.1) is 0 Å². The minimum atomic E-state index is -3.56. The van der Waals surface area contributed by atoms with Crippen molar-refractivity contribution in [3.05, 3.63) is 48.4 Å². The fourth-order valence-electron chi connectivity index (χ4n) is 2.12. The van der Waals surface area contributed by atoms with Gasteiger partial charge in [-0.05, 0) is 42.7 Å². The molecule has 21 heavy (non-hydrogen) atoms. The first-order valence-electron chi connectivity index (χ1n) is 6.69. The number of rotatable bonds is 5. The van der Waals surface area contributed by atoms with Gasteiger partial charge in [-0.1, -0.05) is 0 Å². The first-order valence-corrected chi connectivity index (χ1v) is 8.13. The molecule has 2 heterocycles. The van der Waals surface area contributed by atoms with Gasteiger partial charge in [-0.25, -0.2) is 13.4 Å². The molecule has 110 valence electrons. The zero-order valence-corrected chi connectivity index (χ0v) is 12.2. The molecular weight excluding hydrogens is 288 g/mol. The first-order chi connectivity index (χ1) is 10.1. The number of anilines is 1. The van der Waals surface area contributed by atoms with Crippen LogP contribution < -0.4 is 5.73 Å². The van der Waals surface area contributed by atoms with Gasteiger partial charge in [0.1, 0.15) is 10.7 Å². The van der Waals surface area contributed by atoms with Crippen LogP contribution in [0.1, 0.15) is 18.4 Å². The normalized spacial score (nSPS) is 15.3. The van der Waals surface area contributed by atoms with Crippen molar-refractivity contribution in [3.8, 4) is 0 Å². The van der Waals surface area contributed by atoms with E-state index in [0.29, 0.717) is 12.4 Å². The Morgan fingerprint density at radius 2 is 1.90 bits per heavy atom. The van der Waals surface area contributed by atoms with Crippen LogP contribution in [0.3, 0.4) is 0 Å². The molecule has 2 aromatic heterocycles. The number of sulfonamides is 1. The van der Waals surface area contributed by atoms with Crippen LogP contribution in [0, 0.1) is 0 Å². The summed E-state index contributed by atoms with van der Waals surface area (Å²) in [5, 5.41) is 0. The third-order valence-electron chi connectivity index (χ3n) is 3.41. The lowest BCUT2D eigenvalue weighted by atomic mass is 10.3. The Balaban J connectivity index is 1.91. The molecule has 0 saturated heterocycles. The van der Waals surface area contributed by atoms with Crippen molar-refractivity contribution in [1.82, 2.24) is 14.3 Å². The number of hydrogen-bond acceptors (Lipinski definition) is 5. The molecule has 3 rings (SSSR count). The Bertz CT molecular complexity index is 712. The Morgan fingerprint density at radius 1 is 1.19 bits per heavy atom. The number of nitrogens with zero attached hydrogens (tertiary/aromatic N) is 3. The molecule has 6 nitrogen and oxygen atoms in total. The van der Waals surface area contributed by atoms with Crippen molar-refractivity contribution in [1.29, 1.82) is 0 Å². The molecule has 0 radical (unpaired) electrons.